The van der Waals surface area contributed by atoms with Crippen LogP contribution in [0, 0.1) is 0 Å². The summed E-state index contributed by atoms with van der Waals surface area (Å²) in [4.78, 5) is 0. The lowest BCUT2D eigenvalue weighted by molar-refractivity contribution is 0.281. The highest BCUT2D eigenvalue weighted by Gasteiger charge is 2.20. The Hall–Kier alpha value is -3.94. The molecule has 36 heavy (non-hydrogen) atoms. The van der Waals surface area contributed by atoms with Gasteiger partial charge in [-0.3, -0.25) is 0 Å². The molecule has 0 bridgehead atoms. The molecule has 178 valence electrons. The van der Waals surface area contributed by atoms with Gasteiger partial charge in [0.2, 0.25) is 0 Å². The van der Waals surface area contributed by atoms with Gasteiger partial charge in [0.1, 0.15) is 0 Å². The van der Waals surface area contributed by atoms with Crippen molar-refractivity contribution in [3.63, 3.8) is 0 Å². The Morgan fingerprint density at radius 2 is 0.917 bits per heavy atom. The highest BCUT2D eigenvalue weighted by molar-refractivity contribution is 5.80. The Labute approximate surface area is 214 Å². The molecule has 0 fully saturated rings. The van der Waals surface area contributed by atoms with E-state index in [1.165, 1.54) is 44.5 Å². The first kappa shape index (κ1) is 23.8. The number of rotatable bonds is 9. The smallest absolute Gasteiger partial charge is 0.0690 e. The third kappa shape index (κ3) is 5.48. The first-order chi connectivity index (χ1) is 17.8. The van der Waals surface area contributed by atoms with Crippen molar-refractivity contribution in [3.05, 3.63) is 155 Å². The van der Waals surface area contributed by atoms with Gasteiger partial charge >= 0.3 is 0 Å². The maximum Gasteiger partial charge on any atom is 0.0690 e. The van der Waals surface area contributed by atoms with Crippen LogP contribution in [0.25, 0.3) is 22.3 Å². The second-order valence-electron chi connectivity index (χ2n) is 9.28. The summed E-state index contributed by atoms with van der Waals surface area (Å²) in [5.74, 6) is 0. The summed E-state index contributed by atoms with van der Waals surface area (Å²) in [6, 6.07) is 44.9. The lowest BCUT2D eigenvalue weighted by Crippen LogP contribution is -2.07. The molecule has 5 rings (SSSR count). The number of hydrogen-bond acceptors (Lipinski definition) is 1. The van der Waals surface area contributed by atoms with E-state index in [0.29, 0.717) is 0 Å². The molecule has 0 saturated carbocycles. The summed E-state index contributed by atoms with van der Waals surface area (Å²) in [6.45, 7) is 0.0212. The number of hydrogen-bond donors (Lipinski definition) is 1. The summed E-state index contributed by atoms with van der Waals surface area (Å²) >= 11 is 0. The highest BCUT2D eigenvalue weighted by Crippen LogP contribution is 2.38. The van der Waals surface area contributed by atoms with E-state index in [1.54, 1.807) is 0 Å². The molecule has 0 unspecified atom stereocenters. The van der Waals surface area contributed by atoms with E-state index in [4.69, 9.17) is 0 Å². The number of benzene rings is 5. The first-order valence-electron chi connectivity index (χ1n) is 12.8. The molecule has 0 radical (unpaired) electrons. The van der Waals surface area contributed by atoms with Gasteiger partial charge in [-0.2, -0.15) is 0 Å². The third-order valence-corrected chi connectivity index (χ3v) is 6.97. The monoisotopic (exact) mass is 468 g/mol. The minimum Gasteiger partial charge on any atom is -0.392 e. The predicted molar refractivity (Wildman–Crippen MR) is 151 cm³/mol. The minimum atomic E-state index is 0.0212. The van der Waals surface area contributed by atoms with Crippen molar-refractivity contribution < 1.29 is 5.11 Å². The molecule has 0 amide bonds. The molecule has 0 spiro atoms. The molecule has 0 aliphatic carbocycles. The van der Waals surface area contributed by atoms with E-state index < -0.39 is 0 Å². The van der Waals surface area contributed by atoms with Crippen LogP contribution in [-0.4, -0.2) is 5.11 Å². The van der Waals surface area contributed by atoms with E-state index in [9.17, 15) is 5.11 Å². The fraction of sp³-hybridized carbons (Fsp3) is 0.143. The molecule has 0 atom stereocenters. The first-order valence-corrected chi connectivity index (χ1v) is 12.8. The number of aliphatic hydroxyl groups excluding tert-OH is 1. The van der Waals surface area contributed by atoms with Gasteiger partial charge in [0, 0.05) is 0 Å². The van der Waals surface area contributed by atoms with E-state index in [2.05, 4.69) is 127 Å². The van der Waals surface area contributed by atoms with E-state index in [1.807, 2.05) is 0 Å². The maximum absolute atomic E-state index is 10.8. The minimum absolute atomic E-state index is 0.0212. The lowest BCUT2D eigenvalue weighted by atomic mass is 9.82. The third-order valence-electron chi connectivity index (χ3n) is 6.97. The fourth-order valence-corrected chi connectivity index (χ4v) is 5.18. The van der Waals surface area contributed by atoms with Gasteiger partial charge in [0.15, 0.2) is 0 Å². The summed E-state index contributed by atoms with van der Waals surface area (Å²) in [5, 5.41) is 10.8. The summed E-state index contributed by atoms with van der Waals surface area (Å²) < 4.78 is 0. The fourth-order valence-electron chi connectivity index (χ4n) is 5.18. The Morgan fingerprint density at radius 3 is 1.44 bits per heavy atom. The van der Waals surface area contributed by atoms with Crippen molar-refractivity contribution in [2.75, 3.05) is 0 Å². The van der Waals surface area contributed by atoms with E-state index in [-0.39, 0.29) is 6.61 Å². The number of aryl methyl sites for hydroxylation is 3. The summed E-state index contributed by atoms with van der Waals surface area (Å²) in [7, 11) is 0. The van der Waals surface area contributed by atoms with Crippen LogP contribution in [0.15, 0.2) is 127 Å². The molecule has 0 heterocycles. The Kier molecular flexibility index (Phi) is 7.70. The second kappa shape index (κ2) is 11.7. The molecule has 5 aromatic rings. The van der Waals surface area contributed by atoms with Gasteiger partial charge < -0.3 is 5.11 Å². The predicted octanol–water partition coefficient (Wildman–Crippen LogP) is 8.08. The van der Waals surface area contributed by atoms with Crippen LogP contribution in [0.5, 0.6) is 0 Å². The van der Waals surface area contributed by atoms with Crippen molar-refractivity contribution in [1.82, 2.24) is 0 Å². The van der Waals surface area contributed by atoms with Crippen LogP contribution >= 0.6 is 0 Å². The van der Waals surface area contributed by atoms with Crippen molar-refractivity contribution in [1.29, 1.82) is 0 Å². The molecule has 1 nitrogen and oxygen atoms in total. The van der Waals surface area contributed by atoms with Crippen LogP contribution in [0.4, 0.5) is 0 Å². The zero-order valence-electron chi connectivity index (χ0n) is 20.6. The maximum atomic E-state index is 10.8. The van der Waals surface area contributed by atoms with Gasteiger partial charge in [-0.1, -0.05) is 127 Å². The van der Waals surface area contributed by atoms with Crippen molar-refractivity contribution in [2.24, 2.45) is 0 Å². The van der Waals surface area contributed by atoms with Crippen LogP contribution in [0.2, 0.25) is 0 Å². The average Bonchev–Trinajstić information content (AvgIpc) is 2.96. The molecule has 0 aliphatic rings. The Balaban J connectivity index is 1.66. The van der Waals surface area contributed by atoms with E-state index in [0.717, 1.165) is 31.2 Å². The van der Waals surface area contributed by atoms with Crippen LogP contribution in [0.3, 0.4) is 0 Å². The van der Waals surface area contributed by atoms with Crippen LogP contribution in [-0.2, 0) is 32.3 Å². The topological polar surface area (TPSA) is 20.2 Å². The van der Waals surface area contributed by atoms with Crippen LogP contribution in [0.1, 0.15) is 27.8 Å². The molecule has 0 saturated heterocycles. The molecule has 1 heteroatoms. The largest absolute Gasteiger partial charge is 0.392 e. The van der Waals surface area contributed by atoms with E-state index >= 15 is 0 Å². The quantitative estimate of drug-likeness (QED) is 0.232. The normalized spacial score (nSPS) is 10.9. The van der Waals surface area contributed by atoms with Gasteiger partial charge in [0.25, 0.3) is 0 Å². The summed E-state index contributed by atoms with van der Waals surface area (Å²) in [6.07, 6.45) is 3.69. The standard InChI is InChI=1S/C35H32O/c36-26-34-32(24-22-28-15-7-2-8-16-28)33(29-17-9-3-10-18-29)25-31(23-21-27-13-5-1-6-14-27)35(34)30-19-11-4-12-20-30/h1-20,25,36H,21-24,26H2. The van der Waals surface area contributed by atoms with Crippen LogP contribution < -0.4 is 0 Å². The van der Waals surface area contributed by atoms with Gasteiger partial charge in [-0.15, -0.1) is 0 Å². The molecular weight excluding hydrogens is 436 g/mol. The van der Waals surface area contributed by atoms with Gasteiger partial charge in [-0.05, 0) is 75.8 Å². The molecule has 5 aromatic carbocycles. The molecule has 0 aromatic heterocycles. The van der Waals surface area contributed by atoms with Crippen molar-refractivity contribution in [2.45, 2.75) is 32.3 Å². The highest BCUT2D eigenvalue weighted by atomic mass is 16.3. The Bertz CT molecular complexity index is 1370. The number of aliphatic hydroxyl groups is 1. The van der Waals surface area contributed by atoms with Gasteiger partial charge in [0.05, 0.1) is 6.61 Å². The second-order valence-corrected chi connectivity index (χ2v) is 9.28. The SMILES string of the molecule is OCc1c(CCc2ccccc2)c(-c2ccccc2)cc(CCc2ccccc2)c1-c1ccccc1. The summed E-state index contributed by atoms with van der Waals surface area (Å²) in [5.41, 5.74) is 11.0. The van der Waals surface area contributed by atoms with Gasteiger partial charge in [-0.25, -0.2) is 0 Å². The molecule has 1 N–H and O–H groups in total. The Morgan fingerprint density at radius 1 is 0.444 bits per heavy atom. The average molecular weight is 469 g/mol. The lowest BCUT2D eigenvalue weighted by Gasteiger charge is -2.23. The zero-order chi connectivity index (χ0) is 24.6. The van der Waals surface area contributed by atoms with Crippen molar-refractivity contribution >= 4 is 0 Å². The zero-order valence-corrected chi connectivity index (χ0v) is 20.6. The molecule has 0 aliphatic heterocycles. The molecular formula is C35H32O. The van der Waals surface area contributed by atoms with Crippen molar-refractivity contribution in [3.8, 4) is 22.3 Å².